The molecule has 0 bridgehead atoms. The first-order valence-corrected chi connectivity index (χ1v) is 9.21. The van der Waals surface area contributed by atoms with Gasteiger partial charge in [-0.2, -0.15) is 5.11 Å². The number of rotatable bonds is 8. The van der Waals surface area contributed by atoms with Gasteiger partial charge in [-0.1, -0.05) is 48.3 Å². The van der Waals surface area contributed by atoms with E-state index < -0.39 is 5.54 Å². The summed E-state index contributed by atoms with van der Waals surface area (Å²) in [4.78, 5) is 12.1. The van der Waals surface area contributed by atoms with Crippen molar-refractivity contribution in [1.82, 2.24) is 0 Å². The number of halogens is 3. The molecule has 2 aromatic rings. The van der Waals surface area contributed by atoms with E-state index in [1.54, 1.807) is 24.3 Å². The Bertz CT molecular complexity index is 863. The molecule has 2 N–H and O–H groups in total. The van der Waals surface area contributed by atoms with Crippen LogP contribution < -0.4 is 5.32 Å². The summed E-state index contributed by atoms with van der Waals surface area (Å²) < 4.78 is 0. The first-order chi connectivity index (χ1) is 12.8. The van der Waals surface area contributed by atoms with Crippen molar-refractivity contribution < 1.29 is 9.90 Å². The van der Waals surface area contributed by atoms with Crippen molar-refractivity contribution in [3.05, 3.63) is 64.1 Å². The molecule has 0 fully saturated rings. The van der Waals surface area contributed by atoms with Crippen LogP contribution in [-0.4, -0.2) is 23.0 Å². The van der Waals surface area contributed by atoms with Gasteiger partial charge in [0, 0.05) is 5.69 Å². The Balaban J connectivity index is 2.19. The van der Waals surface area contributed by atoms with Crippen LogP contribution in [0.5, 0.6) is 0 Å². The van der Waals surface area contributed by atoms with E-state index in [0.717, 1.165) is 0 Å². The molecule has 0 amide bonds. The summed E-state index contributed by atoms with van der Waals surface area (Å²) in [5, 5.41) is 22.0. The predicted octanol–water partition coefficient (Wildman–Crippen LogP) is 6.37. The second-order valence-corrected chi connectivity index (χ2v) is 6.97. The van der Waals surface area contributed by atoms with Crippen molar-refractivity contribution in [2.45, 2.75) is 18.9 Å². The van der Waals surface area contributed by atoms with Crippen LogP contribution in [0.1, 0.15) is 13.3 Å². The molecule has 2 rings (SSSR count). The van der Waals surface area contributed by atoms with Crippen molar-refractivity contribution in [3.8, 4) is 0 Å². The third kappa shape index (κ3) is 5.08. The molecule has 27 heavy (non-hydrogen) atoms. The number of hydrogen-bond acceptors (Lipinski definition) is 5. The van der Waals surface area contributed by atoms with Crippen molar-refractivity contribution in [2.24, 2.45) is 10.2 Å². The van der Waals surface area contributed by atoms with Crippen LogP contribution in [0.2, 0.25) is 15.1 Å². The second kappa shape index (κ2) is 9.33. The third-order valence-corrected chi connectivity index (χ3v) is 5.07. The molecule has 2 aromatic carbocycles. The largest absolute Gasteiger partial charge is 0.393 e. The molecule has 1 atom stereocenters. The quantitative estimate of drug-likeness (QED) is 0.292. The first kappa shape index (κ1) is 21.4. The lowest BCUT2D eigenvalue weighted by Gasteiger charge is -2.30. The monoisotopic (exact) mass is 425 g/mol. The molecule has 1 unspecified atom stereocenters. The predicted molar refractivity (Wildman–Crippen MR) is 111 cm³/mol. The van der Waals surface area contributed by atoms with Gasteiger partial charge in [0.25, 0.3) is 0 Å². The van der Waals surface area contributed by atoms with E-state index in [4.69, 9.17) is 34.8 Å². The third-order valence-electron chi connectivity index (χ3n) is 4.04. The minimum atomic E-state index is -1.10. The summed E-state index contributed by atoms with van der Waals surface area (Å²) >= 11 is 17.9. The van der Waals surface area contributed by atoms with E-state index in [9.17, 15) is 9.90 Å². The zero-order valence-electron chi connectivity index (χ0n) is 14.5. The number of carbonyl (C=O) groups is 1. The Kier molecular flexibility index (Phi) is 7.39. The Morgan fingerprint density at radius 3 is 2.33 bits per heavy atom. The van der Waals surface area contributed by atoms with Crippen LogP contribution >= 0.6 is 34.8 Å². The highest BCUT2D eigenvalue weighted by molar-refractivity contribution is 6.43. The maximum absolute atomic E-state index is 12.1. The number of anilines is 1. The highest BCUT2D eigenvalue weighted by Gasteiger charge is 2.33. The number of aliphatic hydroxyl groups excluding tert-OH is 1. The molecule has 0 saturated heterocycles. The van der Waals surface area contributed by atoms with Gasteiger partial charge in [0.15, 0.2) is 5.78 Å². The number of azo groups is 1. The van der Waals surface area contributed by atoms with Gasteiger partial charge < -0.3 is 10.4 Å². The van der Waals surface area contributed by atoms with Crippen LogP contribution in [0.3, 0.4) is 0 Å². The van der Waals surface area contributed by atoms with Gasteiger partial charge in [-0.25, -0.2) is 0 Å². The Labute approximate surface area is 172 Å². The molecule has 0 heterocycles. The lowest BCUT2D eigenvalue weighted by molar-refractivity contribution is -0.120. The summed E-state index contributed by atoms with van der Waals surface area (Å²) in [5.74, 6) is -0.273. The molecule has 0 saturated carbocycles. The van der Waals surface area contributed by atoms with Crippen LogP contribution in [0.4, 0.5) is 17.1 Å². The van der Waals surface area contributed by atoms with Crippen LogP contribution in [0.25, 0.3) is 0 Å². The molecule has 0 aliphatic heterocycles. The van der Waals surface area contributed by atoms with Crippen molar-refractivity contribution in [3.63, 3.8) is 0 Å². The zero-order chi connectivity index (χ0) is 20.0. The van der Waals surface area contributed by atoms with Gasteiger partial charge in [0.2, 0.25) is 0 Å². The fourth-order valence-electron chi connectivity index (χ4n) is 2.34. The molecule has 0 radical (unpaired) electrons. The smallest absolute Gasteiger partial charge is 0.182 e. The lowest BCUT2D eigenvalue weighted by Crippen LogP contribution is -2.48. The number of aliphatic hydroxyl groups is 1. The highest BCUT2D eigenvalue weighted by Crippen LogP contribution is 2.35. The molecule has 0 aliphatic carbocycles. The second-order valence-electron chi connectivity index (χ2n) is 5.75. The maximum atomic E-state index is 12.1. The average molecular weight is 427 g/mol. The minimum Gasteiger partial charge on any atom is -0.393 e. The average Bonchev–Trinajstić information content (AvgIpc) is 2.68. The van der Waals surface area contributed by atoms with Gasteiger partial charge in [0.05, 0.1) is 27.4 Å². The summed E-state index contributed by atoms with van der Waals surface area (Å²) in [5.41, 5.74) is 0.532. The summed E-state index contributed by atoms with van der Waals surface area (Å²) in [7, 11) is 0. The van der Waals surface area contributed by atoms with E-state index in [1.807, 2.05) is 6.92 Å². The Hall–Kier alpha value is -1.92. The lowest BCUT2D eigenvalue weighted by atomic mass is 9.91. The standard InChI is InChI=1S/C19H18Cl3N3O2/c1-3-18(27)19(4-2,11-26)23-12-5-7-13(8-6-12)24-25-17-10-15(21)14(20)9-16(17)22/h3,5-10,23,26H,1,4,11H2,2H3. The Morgan fingerprint density at radius 2 is 1.78 bits per heavy atom. The fourth-order valence-corrected chi connectivity index (χ4v) is 2.92. The number of benzene rings is 2. The highest BCUT2D eigenvalue weighted by atomic mass is 35.5. The van der Waals surface area contributed by atoms with Gasteiger partial charge in [-0.05, 0) is 48.9 Å². The SMILES string of the molecule is C=CC(=O)C(CC)(CO)Nc1ccc(N=Nc2cc(Cl)c(Cl)cc2Cl)cc1. The van der Waals surface area contributed by atoms with Crippen LogP contribution in [-0.2, 0) is 4.79 Å². The summed E-state index contributed by atoms with van der Waals surface area (Å²) in [6, 6.07) is 9.94. The molecular formula is C19H18Cl3N3O2. The van der Waals surface area contributed by atoms with E-state index in [1.165, 1.54) is 18.2 Å². The van der Waals surface area contributed by atoms with Gasteiger partial charge in [-0.15, -0.1) is 5.11 Å². The Morgan fingerprint density at radius 1 is 1.15 bits per heavy atom. The van der Waals surface area contributed by atoms with Crippen molar-refractivity contribution >= 4 is 57.6 Å². The van der Waals surface area contributed by atoms with E-state index in [-0.39, 0.29) is 12.4 Å². The first-order valence-electron chi connectivity index (χ1n) is 8.07. The minimum absolute atomic E-state index is 0.273. The number of carbonyl (C=O) groups excluding carboxylic acids is 1. The van der Waals surface area contributed by atoms with E-state index in [2.05, 4.69) is 22.1 Å². The number of nitrogens with zero attached hydrogens (tertiary/aromatic N) is 2. The van der Waals surface area contributed by atoms with Crippen LogP contribution in [0, 0.1) is 0 Å². The van der Waals surface area contributed by atoms with Crippen LogP contribution in [0.15, 0.2) is 59.3 Å². The van der Waals surface area contributed by atoms with Crippen molar-refractivity contribution in [2.75, 3.05) is 11.9 Å². The summed E-state index contributed by atoms with van der Waals surface area (Å²) in [6.07, 6.45) is 1.61. The maximum Gasteiger partial charge on any atom is 0.182 e. The molecule has 0 spiro atoms. The molecular weight excluding hydrogens is 409 g/mol. The number of hydrogen-bond donors (Lipinski definition) is 2. The van der Waals surface area contributed by atoms with Gasteiger partial charge in [0.1, 0.15) is 11.2 Å². The molecule has 8 heteroatoms. The van der Waals surface area contributed by atoms with E-state index >= 15 is 0 Å². The molecule has 142 valence electrons. The van der Waals surface area contributed by atoms with Gasteiger partial charge in [-0.3, -0.25) is 4.79 Å². The normalized spacial score (nSPS) is 13.4. The molecule has 0 aliphatic rings. The number of nitrogens with one attached hydrogen (secondary N) is 1. The fraction of sp³-hybridized carbons (Fsp3) is 0.211. The topological polar surface area (TPSA) is 74.0 Å². The molecule has 5 nitrogen and oxygen atoms in total. The van der Waals surface area contributed by atoms with E-state index in [0.29, 0.717) is 38.6 Å². The zero-order valence-corrected chi connectivity index (χ0v) is 16.8. The van der Waals surface area contributed by atoms with Crippen molar-refractivity contribution in [1.29, 1.82) is 0 Å². The summed E-state index contributed by atoms with van der Waals surface area (Å²) in [6.45, 7) is 4.97. The molecule has 0 aromatic heterocycles. The van der Waals surface area contributed by atoms with Gasteiger partial charge >= 0.3 is 0 Å². The number of ketones is 1.